The number of carbonyl (C=O) groups excluding carboxylic acids is 1. The van der Waals surface area contributed by atoms with E-state index >= 15 is 0 Å². The van der Waals surface area contributed by atoms with Crippen molar-refractivity contribution < 1.29 is 14.3 Å². The summed E-state index contributed by atoms with van der Waals surface area (Å²) in [4.78, 5) is 14.0. The van der Waals surface area contributed by atoms with Crippen molar-refractivity contribution in [3.63, 3.8) is 0 Å². The predicted octanol–water partition coefficient (Wildman–Crippen LogP) is 3.00. The number of hydrogen-bond acceptors (Lipinski definition) is 3. The van der Waals surface area contributed by atoms with Crippen LogP contribution in [0.4, 0.5) is 0 Å². The Labute approximate surface area is 125 Å². The molecule has 4 nitrogen and oxygen atoms in total. The van der Waals surface area contributed by atoms with E-state index in [1.807, 2.05) is 17.9 Å². The minimum Gasteiger partial charge on any atom is -0.493 e. The molecule has 0 saturated carbocycles. The zero-order chi connectivity index (χ0) is 15.0. The molecule has 1 aliphatic carbocycles. The predicted molar refractivity (Wildman–Crippen MR) is 81.4 cm³/mol. The molecule has 0 fully saturated rings. The Kier molecular flexibility index (Phi) is 3.62. The maximum atomic E-state index is 12.1. The van der Waals surface area contributed by atoms with Crippen LogP contribution in [0.15, 0.2) is 17.8 Å². The van der Waals surface area contributed by atoms with Crippen LogP contribution in [-0.4, -0.2) is 31.6 Å². The van der Waals surface area contributed by atoms with Crippen molar-refractivity contribution in [3.8, 4) is 11.5 Å². The van der Waals surface area contributed by atoms with Crippen LogP contribution in [0.5, 0.6) is 11.5 Å². The first-order valence-corrected chi connectivity index (χ1v) is 7.47. The fraction of sp³-hybridized carbons (Fsp3) is 0.471. The number of allylic oxidation sites excluding steroid dienone is 2. The molecular weight excluding hydrogens is 266 g/mol. The molecule has 1 amide bonds. The summed E-state index contributed by atoms with van der Waals surface area (Å²) < 4.78 is 11.0. The second kappa shape index (κ2) is 5.43. The number of nitrogens with zero attached hydrogens (tertiary/aromatic N) is 1. The van der Waals surface area contributed by atoms with E-state index in [4.69, 9.17) is 9.47 Å². The van der Waals surface area contributed by atoms with Crippen LogP contribution in [0.25, 0.3) is 5.57 Å². The summed E-state index contributed by atoms with van der Waals surface area (Å²) in [5.74, 6) is 1.86. The zero-order valence-corrected chi connectivity index (χ0v) is 12.9. The monoisotopic (exact) mass is 287 g/mol. The van der Waals surface area contributed by atoms with E-state index in [-0.39, 0.29) is 5.91 Å². The SMILES string of the molecule is CCN1C(=O)CCC2=C1CCc1c2ccc(OC)c1OC. The lowest BCUT2D eigenvalue weighted by molar-refractivity contribution is -0.129. The number of carbonyl (C=O) groups is 1. The average Bonchev–Trinajstić information content (AvgIpc) is 2.52. The summed E-state index contributed by atoms with van der Waals surface area (Å²) in [6.45, 7) is 2.79. The summed E-state index contributed by atoms with van der Waals surface area (Å²) >= 11 is 0. The second-order valence-corrected chi connectivity index (χ2v) is 5.39. The Hall–Kier alpha value is -1.97. The molecule has 1 heterocycles. The van der Waals surface area contributed by atoms with Gasteiger partial charge in [-0.1, -0.05) is 6.07 Å². The summed E-state index contributed by atoms with van der Waals surface area (Å²) in [7, 11) is 3.35. The highest BCUT2D eigenvalue weighted by atomic mass is 16.5. The lowest BCUT2D eigenvalue weighted by Gasteiger charge is -2.35. The number of ether oxygens (including phenoxy) is 2. The molecule has 1 aromatic carbocycles. The molecule has 0 N–H and O–H groups in total. The van der Waals surface area contributed by atoms with Crippen LogP contribution in [0.1, 0.15) is 37.3 Å². The molecule has 1 aromatic rings. The highest BCUT2D eigenvalue weighted by Gasteiger charge is 2.31. The molecule has 0 bridgehead atoms. The lowest BCUT2D eigenvalue weighted by Crippen LogP contribution is -2.35. The highest BCUT2D eigenvalue weighted by Crippen LogP contribution is 2.45. The summed E-state index contributed by atoms with van der Waals surface area (Å²) in [5.41, 5.74) is 4.94. The van der Waals surface area contributed by atoms with Gasteiger partial charge in [0.2, 0.25) is 5.91 Å². The van der Waals surface area contributed by atoms with Crippen molar-refractivity contribution in [3.05, 3.63) is 29.0 Å². The van der Waals surface area contributed by atoms with Gasteiger partial charge in [-0.25, -0.2) is 0 Å². The van der Waals surface area contributed by atoms with Crippen molar-refractivity contribution in [2.45, 2.75) is 32.6 Å². The van der Waals surface area contributed by atoms with E-state index in [2.05, 4.69) is 6.07 Å². The van der Waals surface area contributed by atoms with Gasteiger partial charge in [0.15, 0.2) is 11.5 Å². The number of rotatable bonds is 3. The number of methoxy groups -OCH3 is 2. The minimum atomic E-state index is 0.250. The van der Waals surface area contributed by atoms with Crippen LogP contribution in [0.3, 0.4) is 0 Å². The lowest BCUT2D eigenvalue weighted by atomic mass is 9.83. The molecule has 0 saturated heterocycles. The molecule has 112 valence electrons. The van der Waals surface area contributed by atoms with E-state index in [0.29, 0.717) is 6.42 Å². The van der Waals surface area contributed by atoms with Crippen LogP contribution < -0.4 is 9.47 Å². The van der Waals surface area contributed by atoms with Gasteiger partial charge in [-0.05, 0) is 43.4 Å². The Morgan fingerprint density at radius 1 is 1.10 bits per heavy atom. The molecule has 4 heteroatoms. The maximum absolute atomic E-state index is 12.1. The zero-order valence-electron chi connectivity index (χ0n) is 12.9. The smallest absolute Gasteiger partial charge is 0.227 e. The Morgan fingerprint density at radius 3 is 2.57 bits per heavy atom. The van der Waals surface area contributed by atoms with Crippen LogP contribution in [0, 0.1) is 0 Å². The molecule has 0 aromatic heterocycles. The molecule has 3 rings (SSSR count). The average molecular weight is 287 g/mol. The summed E-state index contributed by atoms with van der Waals surface area (Å²) in [6.07, 6.45) is 3.21. The van der Waals surface area contributed by atoms with Gasteiger partial charge in [0.05, 0.1) is 14.2 Å². The van der Waals surface area contributed by atoms with Gasteiger partial charge in [0.25, 0.3) is 0 Å². The van der Waals surface area contributed by atoms with Gasteiger partial charge < -0.3 is 14.4 Å². The third-order valence-corrected chi connectivity index (χ3v) is 4.47. The van der Waals surface area contributed by atoms with E-state index in [0.717, 1.165) is 37.3 Å². The van der Waals surface area contributed by atoms with E-state index < -0.39 is 0 Å². The standard InChI is InChI=1S/C17H21NO3/c1-4-18-14-8-5-13-11(12(14)7-10-16(18)19)6-9-15(20-2)17(13)21-3/h6,9H,4-5,7-8,10H2,1-3H3. The molecule has 2 aliphatic rings. The van der Waals surface area contributed by atoms with E-state index in [1.165, 1.54) is 22.4 Å². The molecule has 0 radical (unpaired) electrons. The third-order valence-electron chi connectivity index (χ3n) is 4.47. The molecule has 21 heavy (non-hydrogen) atoms. The molecule has 0 atom stereocenters. The van der Waals surface area contributed by atoms with Gasteiger partial charge in [0, 0.05) is 24.2 Å². The topological polar surface area (TPSA) is 38.8 Å². The highest BCUT2D eigenvalue weighted by molar-refractivity contribution is 5.88. The summed E-state index contributed by atoms with van der Waals surface area (Å²) in [5, 5.41) is 0. The number of fused-ring (bicyclic) bond motifs is 2. The Morgan fingerprint density at radius 2 is 1.90 bits per heavy atom. The van der Waals surface area contributed by atoms with Crippen LogP contribution in [-0.2, 0) is 11.2 Å². The van der Waals surface area contributed by atoms with Crippen molar-refractivity contribution in [2.24, 2.45) is 0 Å². The van der Waals surface area contributed by atoms with Gasteiger partial charge in [-0.2, -0.15) is 0 Å². The first kappa shape index (κ1) is 14.0. The molecule has 1 aliphatic heterocycles. The third kappa shape index (κ3) is 2.09. The normalized spacial score (nSPS) is 17.5. The first-order valence-electron chi connectivity index (χ1n) is 7.47. The second-order valence-electron chi connectivity index (χ2n) is 5.39. The van der Waals surface area contributed by atoms with E-state index in [9.17, 15) is 4.79 Å². The fourth-order valence-corrected chi connectivity index (χ4v) is 3.53. The van der Waals surface area contributed by atoms with Crippen molar-refractivity contribution in [2.75, 3.05) is 20.8 Å². The van der Waals surface area contributed by atoms with Gasteiger partial charge in [0.1, 0.15) is 0 Å². The van der Waals surface area contributed by atoms with Crippen molar-refractivity contribution in [1.82, 2.24) is 4.90 Å². The fourth-order valence-electron chi connectivity index (χ4n) is 3.53. The number of amides is 1. The van der Waals surface area contributed by atoms with Crippen LogP contribution in [0.2, 0.25) is 0 Å². The summed E-state index contributed by atoms with van der Waals surface area (Å²) in [6, 6.07) is 4.06. The van der Waals surface area contributed by atoms with E-state index in [1.54, 1.807) is 14.2 Å². The Bertz CT molecular complexity index is 619. The van der Waals surface area contributed by atoms with Gasteiger partial charge >= 0.3 is 0 Å². The number of hydrogen-bond donors (Lipinski definition) is 0. The van der Waals surface area contributed by atoms with Crippen molar-refractivity contribution in [1.29, 1.82) is 0 Å². The minimum absolute atomic E-state index is 0.250. The Balaban J connectivity index is 2.14. The maximum Gasteiger partial charge on any atom is 0.227 e. The quantitative estimate of drug-likeness (QED) is 0.858. The largest absolute Gasteiger partial charge is 0.493 e. The number of benzene rings is 1. The molecule has 0 spiro atoms. The molecular formula is C17H21NO3. The van der Waals surface area contributed by atoms with Gasteiger partial charge in [-0.15, -0.1) is 0 Å². The van der Waals surface area contributed by atoms with Gasteiger partial charge in [-0.3, -0.25) is 4.79 Å². The van der Waals surface area contributed by atoms with Crippen LogP contribution >= 0.6 is 0 Å². The first-order chi connectivity index (χ1) is 10.2. The molecule has 0 unspecified atom stereocenters. The van der Waals surface area contributed by atoms with Crippen molar-refractivity contribution >= 4 is 11.5 Å².